The van der Waals surface area contributed by atoms with E-state index in [2.05, 4.69) is 48.5 Å². The molecule has 2 nitrogen and oxygen atoms in total. The van der Waals surface area contributed by atoms with E-state index < -0.39 is 0 Å². The Morgan fingerprint density at radius 3 is 2.14 bits per heavy atom. The van der Waals surface area contributed by atoms with Gasteiger partial charge in [-0.1, -0.05) is 78.9 Å². The fourth-order valence-corrected chi connectivity index (χ4v) is 3.90. The van der Waals surface area contributed by atoms with Gasteiger partial charge in [-0.2, -0.15) is 4.57 Å². The van der Waals surface area contributed by atoms with Gasteiger partial charge in [0.2, 0.25) is 17.8 Å². The van der Waals surface area contributed by atoms with Gasteiger partial charge in [0.1, 0.15) is 0 Å². The van der Waals surface area contributed by atoms with E-state index in [1.807, 2.05) is 65.4 Å². The fourth-order valence-electron chi connectivity index (χ4n) is 3.90. The summed E-state index contributed by atoms with van der Waals surface area (Å²) in [6, 6.07) is 34.8. The maximum Gasteiger partial charge on any atom is 0.227 e. The van der Waals surface area contributed by atoms with E-state index in [9.17, 15) is 4.79 Å². The van der Waals surface area contributed by atoms with Crippen molar-refractivity contribution in [3.63, 3.8) is 0 Å². The molecule has 0 spiro atoms. The number of rotatable bonds is 4. The van der Waals surface area contributed by atoms with Crippen LogP contribution in [0.2, 0.25) is 0 Å². The minimum absolute atomic E-state index is 0.107. The van der Waals surface area contributed by atoms with Gasteiger partial charge in [-0.3, -0.25) is 4.79 Å². The second kappa shape index (κ2) is 7.33. The molecule has 0 saturated heterocycles. The lowest BCUT2D eigenvalue weighted by Crippen LogP contribution is -2.38. The second-order valence-corrected chi connectivity index (χ2v) is 7.22. The van der Waals surface area contributed by atoms with Gasteiger partial charge in [-0.25, -0.2) is 0 Å². The summed E-state index contributed by atoms with van der Waals surface area (Å²) >= 11 is 0. The lowest BCUT2D eigenvalue weighted by atomic mass is 10.0. The summed E-state index contributed by atoms with van der Waals surface area (Å²) in [4.78, 5) is 12.9. The van der Waals surface area contributed by atoms with E-state index in [0.29, 0.717) is 6.54 Å². The average molecular weight is 374 g/mol. The highest BCUT2D eigenvalue weighted by Gasteiger charge is 2.16. The number of Topliss-reactive ketones (excluding diaryl/α,β-unsaturated/α-hetero) is 1. The SMILES string of the molecule is O=C(C[n+]1cccc2c3ccccc3ccc21)c1ccc(-c2ccccc2)cc1. The monoisotopic (exact) mass is 374 g/mol. The van der Waals surface area contributed by atoms with Gasteiger partial charge in [0.25, 0.3) is 0 Å². The lowest BCUT2D eigenvalue weighted by molar-refractivity contribution is -0.657. The Labute approximate surface area is 169 Å². The van der Waals surface area contributed by atoms with Crippen molar-refractivity contribution in [2.45, 2.75) is 6.54 Å². The molecule has 138 valence electrons. The van der Waals surface area contributed by atoms with Crippen LogP contribution >= 0.6 is 0 Å². The first-order valence-corrected chi connectivity index (χ1v) is 9.78. The maximum atomic E-state index is 12.9. The number of benzene rings is 4. The Bertz CT molecular complexity index is 1320. The molecule has 0 unspecified atom stereocenters. The average Bonchev–Trinajstić information content (AvgIpc) is 2.80. The molecular weight excluding hydrogens is 354 g/mol. The Balaban J connectivity index is 1.46. The molecule has 0 saturated carbocycles. The van der Waals surface area contributed by atoms with Crippen LogP contribution < -0.4 is 4.57 Å². The van der Waals surface area contributed by atoms with E-state index in [1.165, 1.54) is 10.8 Å². The Morgan fingerprint density at radius 2 is 1.31 bits per heavy atom. The molecule has 0 N–H and O–H groups in total. The zero-order valence-corrected chi connectivity index (χ0v) is 16.0. The zero-order valence-electron chi connectivity index (χ0n) is 16.0. The van der Waals surface area contributed by atoms with Crippen LogP contribution in [0.5, 0.6) is 0 Å². The predicted octanol–water partition coefficient (Wildman–Crippen LogP) is 5.83. The van der Waals surface area contributed by atoms with Crippen LogP contribution in [0.1, 0.15) is 10.4 Å². The Kier molecular flexibility index (Phi) is 4.38. The van der Waals surface area contributed by atoms with Crippen LogP contribution in [0.15, 0.2) is 109 Å². The summed E-state index contributed by atoms with van der Waals surface area (Å²) in [5.74, 6) is 0.107. The van der Waals surface area contributed by atoms with Crippen molar-refractivity contribution < 1.29 is 9.36 Å². The number of aromatic nitrogens is 1. The molecule has 0 aliphatic rings. The highest BCUT2D eigenvalue weighted by molar-refractivity contribution is 6.05. The van der Waals surface area contributed by atoms with Crippen molar-refractivity contribution in [3.05, 3.63) is 115 Å². The number of pyridine rings is 1. The highest BCUT2D eigenvalue weighted by atomic mass is 16.1. The number of fused-ring (bicyclic) bond motifs is 3. The Hall–Kier alpha value is -3.78. The zero-order chi connectivity index (χ0) is 19.6. The number of hydrogen-bond acceptors (Lipinski definition) is 1. The molecule has 5 rings (SSSR count). The smallest absolute Gasteiger partial charge is 0.227 e. The van der Waals surface area contributed by atoms with Crippen molar-refractivity contribution in [2.75, 3.05) is 0 Å². The van der Waals surface area contributed by atoms with Gasteiger partial charge in [-0.05, 0) is 34.0 Å². The van der Waals surface area contributed by atoms with Gasteiger partial charge in [0, 0.05) is 17.7 Å². The van der Waals surface area contributed by atoms with Crippen LogP contribution in [-0.4, -0.2) is 5.78 Å². The van der Waals surface area contributed by atoms with Crippen molar-refractivity contribution >= 4 is 27.5 Å². The Morgan fingerprint density at radius 1 is 0.621 bits per heavy atom. The third-order valence-electron chi connectivity index (χ3n) is 5.41. The molecule has 0 aliphatic carbocycles. The number of carbonyl (C=O) groups is 1. The molecule has 0 amide bonds. The molecule has 0 atom stereocenters. The molecule has 4 aromatic carbocycles. The number of carbonyl (C=O) groups excluding carboxylic acids is 1. The first-order valence-electron chi connectivity index (χ1n) is 9.78. The summed E-state index contributed by atoms with van der Waals surface area (Å²) in [5.41, 5.74) is 4.07. The van der Waals surface area contributed by atoms with Gasteiger partial charge in [-0.15, -0.1) is 0 Å². The first-order chi connectivity index (χ1) is 14.3. The number of nitrogens with zero attached hydrogens (tertiary/aromatic N) is 1. The molecule has 0 bridgehead atoms. The quantitative estimate of drug-likeness (QED) is 0.220. The molecule has 0 aliphatic heterocycles. The predicted molar refractivity (Wildman–Crippen MR) is 118 cm³/mol. The van der Waals surface area contributed by atoms with E-state index >= 15 is 0 Å². The largest absolute Gasteiger partial charge is 0.287 e. The molecule has 5 aromatic rings. The van der Waals surface area contributed by atoms with Crippen molar-refractivity contribution in [1.29, 1.82) is 0 Å². The van der Waals surface area contributed by atoms with Crippen molar-refractivity contribution in [3.8, 4) is 11.1 Å². The highest BCUT2D eigenvalue weighted by Crippen LogP contribution is 2.23. The maximum absolute atomic E-state index is 12.9. The third kappa shape index (κ3) is 3.30. The molecule has 1 aromatic heterocycles. The normalized spacial score (nSPS) is 11.0. The minimum Gasteiger partial charge on any atom is -0.287 e. The van der Waals surface area contributed by atoms with E-state index in [-0.39, 0.29) is 5.78 Å². The minimum atomic E-state index is 0.107. The van der Waals surface area contributed by atoms with Crippen LogP contribution in [0.4, 0.5) is 0 Å². The lowest BCUT2D eigenvalue weighted by Gasteiger charge is -2.06. The van der Waals surface area contributed by atoms with Crippen LogP contribution in [0, 0.1) is 0 Å². The number of ketones is 1. The van der Waals surface area contributed by atoms with Crippen molar-refractivity contribution in [1.82, 2.24) is 0 Å². The standard InChI is InChI=1S/C27H20NO/c29-27(23-14-12-21(13-15-23)20-7-2-1-3-8-20)19-28-18-6-11-25-24-10-5-4-9-22(24)16-17-26(25)28/h1-18H,19H2/q+1. The summed E-state index contributed by atoms with van der Waals surface area (Å²) in [6.45, 7) is 0.320. The summed E-state index contributed by atoms with van der Waals surface area (Å²) in [6.07, 6.45) is 1.98. The molecule has 29 heavy (non-hydrogen) atoms. The molecule has 2 heteroatoms. The third-order valence-corrected chi connectivity index (χ3v) is 5.41. The van der Waals surface area contributed by atoms with Crippen LogP contribution in [-0.2, 0) is 6.54 Å². The van der Waals surface area contributed by atoms with Crippen molar-refractivity contribution in [2.24, 2.45) is 0 Å². The molecular formula is C27H20NO+. The van der Waals surface area contributed by atoms with Gasteiger partial charge in [0.05, 0.1) is 5.39 Å². The van der Waals surface area contributed by atoms with Crippen LogP contribution in [0.3, 0.4) is 0 Å². The van der Waals surface area contributed by atoms with E-state index in [0.717, 1.165) is 27.6 Å². The van der Waals surface area contributed by atoms with E-state index in [1.54, 1.807) is 0 Å². The fraction of sp³-hybridized carbons (Fsp3) is 0.0370. The van der Waals surface area contributed by atoms with E-state index in [4.69, 9.17) is 0 Å². The second-order valence-electron chi connectivity index (χ2n) is 7.22. The summed E-state index contributed by atoms with van der Waals surface area (Å²) in [7, 11) is 0. The summed E-state index contributed by atoms with van der Waals surface area (Å²) in [5, 5.41) is 3.58. The van der Waals surface area contributed by atoms with Gasteiger partial charge < -0.3 is 0 Å². The molecule has 0 radical (unpaired) electrons. The first kappa shape index (κ1) is 17.3. The molecule has 0 fully saturated rings. The summed E-state index contributed by atoms with van der Waals surface area (Å²) < 4.78 is 2.04. The van der Waals surface area contributed by atoms with Gasteiger partial charge >= 0.3 is 0 Å². The van der Waals surface area contributed by atoms with Gasteiger partial charge in [0.15, 0.2) is 6.20 Å². The van der Waals surface area contributed by atoms with Crippen LogP contribution in [0.25, 0.3) is 32.8 Å². The number of hydrogen-bond donors (Lipinski definition) is 0. The topological polar surface area (TPSA) is 20.9 Å². The molecule has 1 heterocycles.